The van der Waals surface area contributed by atoms with Gasteiger partial charge in [-0.3, -0.25) is 9.48 Å². The van der Waals surface area contributed by atoms with E-state index in [0.717, 1.165) is 11.3 Å². The number of carbonyl (C=O) groups is 1. The fourth-order valence-corrected chi connectivity index (χ4v) is 3.22. The van der Waals surface area contributed by atoms with Crippen LogP contribution in [0, 0.1) is 19.7 Å². The largest absolute Gasteiger partial charge is 0.382 e. The van der Waals surface area contributed by atoms with Crippen LogP contribution in [0.2, 0.25) is 0 Å². The van der Waals surface area contributed by atoms with Gasteiger partial charge in [0.1, 0.15) is 5.82 Å². The van der Waals surface area contributed by atoms with E-state index in [2.05, 4.69) is 34.6 Å². The molecule has 1 aromatic heterocycles. The lowest BCUT2D eigenvalue weighted by atomic mass is 10.0. The van der Waals surface area contributed by atoms with Crippen molar-refractivity contribution in [2.75, 3.05) is 5.32 Å². The summed E-state index contributed by atoms with van der Waals surface area (Å²) in [7, 11) is 0. The van der Waals surface area contributed by atoms with Gasteiger partial charge in [-0.05, 0) is 42.7 Å². The summed E-state index contributed by atoms with van der Waals surface area (Å²) in [5.41, 5.74) is 4.66. The quantitative estimate of drug-likeness (QED) is 0.718. The summed E-state index contributed by atoms with van der Waals surface area (Å²) in [6, 6.07) is 15.9. The van der Waals surface area contributed by atoms with Crippen LogP contribution in [-0.4, -0.2) is 27.5 Å². The monoisotopic (exact) mass is 392 g/mol. The Morgan fingerprint density at radius 1 is 1.21 bits per heavy atom. The Bertz CT molecular complexity index is 1070. The minimum Gasteiger partial charge on any atom is -0.382 e. The molecule has 148 valence electrons. The molecule has 0 aliphatic carbocycles. The maximum absolute atomic E-state index is 13.1. The van der Waals surface area contributed by atoms with Crippen molar-refractivity contribution in [2.24, 2.45) is 5.16 Å². The highest BCUT2D eigenvalue weighted by Crippen LogP contribution is 2.19. The van der Waals surface area contributed by atoms with E-state index in [9.17, 15) is 9.18 Å². The third kappa shape index (κ3) is 4.18. The molecule has 3 aromatic rings. The number of anilines is 1. The van der Waals surface area contributed by atoms with Crippen LogP contribution in [0.3, 0.4) is 0 Å². The van der Waals surface area contributed by atoms with Crippen molar-refractivity contribution in [3.63, 3.8) is 0 Å². The van der Waals surface area contributed by atoms with Gasteiger partial charge in [0.25, 0.3) is 5.91 Å². The molecule has 2 aromatic carbocycles. The highest BCUT2D eigenvalue weighted by atomic mass is 19.1. The zero-order valence-electron chi connectivity index (χ0n) is 16.2. The van der Waals surface area contributed by atoms with Crippen molar-refractivity contribution in [1.29, 1.82) is 0 Å². The Hall–Kier alpha value is -3.48. The lowest BCUT2D eigenvalue weighted by Crippen LogP contribution is -2.28. The highest BCUT2D eigenvalue weighted by Gasteiger charge is 2.29. The van der Waals surface area contributed by atoms with Crippen LogP contribution in [0.5, 0.6) is 0 Å². The second-order valence-corrected chi connectivity index (χ2v) is 7.09. The predicted octanol–water partition coefficient (Wildman–Crippen LogP) is 3.82. The van der Waals surface area contributed by atoms with Gasteiger partial charge < -0.3 is 10.2 Å². The fraction of sp³-hybridized carbons (Fsp3) is 0.227. The molecule has 1 aliphatic heterocycles. The molecule has 29 heavy (non-hydrogen) atoms. The first-order chi connectivity index (χ1) is 14.0. The first kappa shape index (κ1) is 18.9. The number of hydrogen-bond donors (Lipinski definition) is 1. The molecule has 6 nitrogen and oxygen atoms in total. The molecule has 7 heteroatoms. The summed E-state index contributed by atoms with van der Waals surface area (Å²) >= 11 is 0. The Balaban J connectivity index is 1.39. The summed E-state index contributed by atoms with van der Waals surface area (Å²) in [4.78, 5) is 17.8. The molecule has 1 amide bonds. The van der Waals surface area contributed by atoms with E-state index in [-0.39, 0.29) is 11.7 Å². The lowest BCUT2D eigenvalue weighted by molar-refractivity contribution is -0.125. The number of nitrogens with one attached hydrogen (secondary N) is 1. The second-order valence-electron chi connectivity index (χ2n) is 7.09. The number of halogens is 1. The molecule has 1 atom stereocenters. The van der Waals surface area contributed by atoms with Gasteiger partial charge in [0.05, 0.1) is 12.3 Å². The van der Waals surface area contributed by atoms with Crippen molar-refractivity contribution in [3.05, 3.63) is 82.8 Å². The number of rotatable bonds is 5. The van der Waals surface area contributed by atoms with Gasteiger partial charge in [-0.25, -0.2) is 4.39 Å². The number of nitrogens with zero attached hydrogens (tertiary/aromatic N) is 3. The molecule has 1 unspecified atom stereocenters. The third-order valence-corrected chi connectivity index (χ3v) is 4.95. The summed E-state index contributed by atoms with van der Waals surface area (Å²) in [5, 5.41) is 11.3. The number of amides is 1. The van der Waals surface area contributed by atoms with E-state index < -0.39 is 6.10 Å². The number of benzene rings is 2. The maximum atomic E-state index is 13.1. The van der Waals surface area contributed by atoms with Gasteiger partial charge in [-0.2, -0.15) is 5.10 Å². The summed E-state index contributed by atoms with van der Waals surface area (Å²) in [6.45, 7) is 4.64. The lowest BCUT2D eigenvalue weighted by Gasteiger charge is -2.08. The average Bonchev–Trinajstić information content (AvgIpc) is 3.32. The molecule has 1 N–H and O–H groups in total. The van der Waals surface area contributed by atoms with E-state index in [1.54, 1.807) is 12.1 Å². The molecular formula is C22H21FN4O2. The Morgan fingerprint density at radius 3 is 2.72 bits per heavy atom. The number of aryl methyl sites for hydroxylation is 2. The first-order valence-corrected chi connectivity index (χ1v) is 9.38. The number of oxime groups is 1. The van der Waals surface area contributed by atoms with Gasteiger partial charge in [-0.1, -0.05) is 41.6 Å². The molecule has 1 aliphatic rings. The Kier molecular flexibility index (Phi) is 5.12. The molecular weight excluding hydrogens is 371 g/mol. The van der Waals surface area contributed by atoms with Gasteiger partial charge >= 0.3 is 0 Å². The molecule has 4 rings (SSSR count). The van der Waals surface area contributed by atoms with Crippen molar-refractivity contribution in [3.8, 4) is 0 Å². The number of aromatic nitrogens is 2. The topological polar surface area (TPSA) is 68.5 Å². The van der Waals surface area contributed by atoms with Crippen LogP contribution in [0.25, 0.3) is 0 Å². The summed E-state index contributed by atoms with van der Waals surface area (Å²) < 4.78 is 14.9. The zero-order chi connectivity index (χ0) is 20.4. The number of hydrogen-bond acceptors (Lipinski definition) is 4. The fourth-order valence-electron chi connectivity index (χ4n) is 3.22. The number of carbonyl (C=O) groups excluding carboxylic acids is 1. The van der Waals surface area contributed by atoms with Gasteiger partial charge in [0.15, 0.2) is 5.82 Å². The minimum absolute atomic E-state index is 0.314. The maximum Gasteiger partial charge on any atom is 0.269 e. The Labute approximate surface area is 168 Å². The zero-order valence-corrected chi connectivity index (χ0v) is 16.2. The van der Waals surface area contributed by atoms with E-state index in [4.69, 9.17) is 4.84 Å². The van der Waals surface area contributed by atoms with Gasteiger partial charge in [-0.15, -0.1) is 0 Å². The van der Waals surface area contributed by atoms with E-state index in [1.807, 2.05) is 29.8 Å². The molecule has 0 bridgehead atoms. The van der Waals surface area contributed by atoms with Crippen molar-refractivity contribution >= 4 is 17.4 Å². The van der Waals surface area contributed by atoms with Crippen LogP contribution < -0.4 is 5.32 Å². The predicted molar refractivity (Wildman–Crippen MR) is 108 cm³/mol. The van der Waals surface area contributed by atoms with Crippen molar-refractivity contribution < 1.29 is 14.0 Å². The van der Waals surface area contributed by atoms with Crippen LogP contribution in [0.15, 0.2) is 59.8 Å². The second kappa shape index (κ2) is 7.87. The molecule has 2 heterocycles. The van der Waals surface area contributed by atoms with E-state index >= 15 is 0 Å². The summed E-state index contributed by atoms with van der Waals surface area (Å²) in [6.07, 6.45) is -0.419. The molecule has 0 saturated carbocycles. The first-order valence-electron chi connectivity index (χ1n) is 9.38. The minimum atomic E-state index is -0.739. The van der Waals surface area contributed by atoms with Gasteiger partial charge in [0.2, 0.25) is 6.10 Å². The average molecular weight is 392 g/mol. The summed E-state index contributed by atoms with van der Waals surface area (Å²) in [5.74, 6) is -0.162. The third-order valence-electron chi connectivity index (χ3n) is 4.95. The molecule has 0 radical (unpaired) electrons. The normalized spacial score (nSPS) is 15.7. The SMILES string of the molecule is Cc1ccccc1Cn1nc(NC(=O)C2CC(c3ccc(F)cc3)=NO2)cc1C. The smallest absolute Gasteiger partial charge is 0.269 e. The molecule has 0 spiro atoms. The van der Waals surface area contributed by atoms with Crippen LogP contribution in [-0.2, 0) is 16.2 Å². The standard InChI is InChI=1S/C22H21FN4O2/c1-14-5-3-4-6-17(14)13-27-15(2)11-21(25-27)24-22(28)20-12-19(26-29-20)16-7-9-18(23)10-8-16/h3-11,20H,12-13H2,1-2H3,(H,24,25,28). The Morgan fingerprint density at radius 2 is 1.97 bits per heavy atom. The molecule has 0 fully saturated rings. The van der Waals surface area contributed by atoms with E-state index in [0.29, 0.717) is 24.5 Å². The van der Waals surface area contributed by atoms with Crippen LogP contribution in [0.1, 0.15) is 28.8 Å². The van der Waals surface area contributed by atoms with Crippen molar-refractivity contribution in [2.45, 2.75) is 32.9 Å². The molecule has 0 saturated heterocycles. The van der Waals surface area contributed by atoms with Crippen LogP contribution in [0.4, 0.5) is 10.2 Å². The highest BCUT2D eigenvalue weighted by molar-refractivity contribution is 6.05. The van der Waals surface area contributed by atoms with Crippen LogP contribution >= 0.6 is 0 Å². The van der Waals surface area contributed by atoms with E-state index in [1.165, 1.54) is 23.3 Å². The van der Waals surface area contributed by atoms with Gasteiger partial charge in [0, 0.05) is 18.2 Å². The van der Waals surface area contributed by atoms with Crippen molar-refractivity contribution in [1.82, 2.24) is 9.78 Å².